The Balaban J connectivity index is 0.000000162. The molecule has 0 radical (unpaired) electrons. The molecular weight excluding hydrogens is 950 g/mol. The van der Waals surface area contributed by atoms with Crippen LogP contribution in [0.4, 0.5) is 37.5 Å². The molecule has 2 saturated heterocycles. The SMILES string of the molecule is CC(C)N1CCN(c2ccc(N)cc2)CC1.CC(C)N1CCN(c2ccc(Nc3ncc4c(F)c(C(=O)N(C)C)n(C5CCCC5)c4n3)cc2)CC1.CN(C)C(=O)c1c(F)c2cnc(Cl)nc2n1C1CCCC1. The van der Waals surface area contributed by atoms with Crippen molar-refractivity contribution in [1.29, 1.82) is 0 Å². The smallest absolute Gasteiger partial charge is 0.273 e. The van der Waals surface area contributed by atoms with Crippen molar-refractivity contribution >= 4 is 74.2 Å². The van der Waals surface area contributed by atoms with E-state index in [9.17, 15) is 14.0 Å². The minimum atomic E-state index is -0.563. The van der Waals surface area contributed by atoms with Crippen LogP contribution in [0.25, 0.3) is 22.1 Å². The first-order chi connectivity index (χ1) is 35.0. The Morgan fingerprint density at radius 1 is 0.616 bits per heavy atom. The molecule has 0 bridgehead atoms. The number of carbonyl (C=O) groups is 2. The number of nitrogens with zero attached hydrogens (tertiary/aromatic N) is 12. The van der Waals surface area contributed by atoms with Crippen molar-refractivity contribution in [2.24, 2.45) is 0 Å². The van der Waals surface area contributed by atoms with Crippen LogP contribution in [0.15, 0.2) is 60.9 Å². The van der Waals surface area contributed by atoms with Gasteiger partial charge in [0, 0.05) is 140 Å². The molecular formula is C54H73ClF2N14O2. The standard InChI is InChI=1S/C27H36FN7O.C14H16ClFN4O.C13H21N3/c1-18(2)33-13-15-34(16-14-33)20-11-9-19(10-12-20)30-27-29-17-22-23(28)24(26(36)32(3)4)35(25(22)31-27)21-7-5-6-8-21;1-19(2)13(21)11-10(16)9-7-17-14(15)18-12(9)20(11)8-5-3-4-6-8;1-11(2)15-7-9-16(10-8-15)13-5-3-12(14)4-6-13/h9-12,17-18,21H,5-8,13-16H2,1-4H3,(H,29,30,31);7-8H,3-6H2,1-2H3;3-6,11H,7-10,14H2,1-2H3. The second-order valence-corrected chi connectivity index (χ2v) is 21.0. The van der Waals surface area contributed by atoms with Crippen LogP contribution in [-0.4, -0.2) is 153 Å². The van der Waals surface area contributed by atoms with Gasteiger partial charge in [-0.2, -0.15) is 9.97 Å². The summed E-state index contributed by atoms with van der Waals surface area (Å²) in [6.07, 6.45) is 10.8. The van der Waals surface area contributed by atoms with E-state index < -0.39 is 11.6 Å². The fraction of sp³-hybridized carbons (Fsp3) is 0.519. The highest BCUT2D eigenvalue weighted by atomic mass is 35.5. The van der Waals surface area contributed by atoms with E-state index in [1.54, 1.807) is 32.8 Å². The molecule has 4 fully saturated rings. The molecule has 0 spiro atoms. The average Bonchev–Trinajstić information content (AvgIpc) is 4.22. The quantitative estimate of drug-likeness (QED) is 0.0993. The zero-order valence-corrected chi connectivity index (χ0v) is 44.5. The van der Waals surface area contributed by atoms with Crippen molar-refractivity contribution in [2.75, 3.05) is 101 Å². The first-order valence-electron chi connectivity index (χ1n) is 25.9. The van der Waals surface area contributed by atoms with Crippen LogP contribution < -0.4 is 20.9 Å². The van der Waals surface area contributed by atoms with Crippen LogP contribution in [0.1, 0.15) is 112 Å². The molecule has 4 aliphatic rings. The van der Waals surface area contributed by atoms with E-state index in [2.05, 4.69) is 96.8 Å². The highest BCUT2D eigenvalue weighted by Gasteiger charge is 2.33. The van der Waals surface area contributed by atoms with Gasteiger partial charge < -0.3 is 39.8 Å². The molecule has 6 heterocycles. The fourth-order valence-electron chi connectivity index (χ4n) is 10.6. The second-order valence-electron chi connectivity index (χ2n) is 20.6. The highest BCUT2D eigenvalue weighted by molar-refractivity contribution is 6.28. The van der Waals surface area contributed by atoms with Crippen molar-refractivity contribution in [3.63, 3.8) is 0 Å². The maximum absolute atomic E-state index is 15.4. The monoisotopic (exact) mass is 1020 g/mol. The van der Waals surface area contributed by atoms with Crippen LogP contribution in [0.3, 0.4) is 0 Å². The maximum Gasteiger partial charge on any atom is 0.273 e. The predicted octanol–water partition coefficient (Wildman–Crippen LogP) is 9.50. The number of nitrogen functional groups attached to an aromatic ring is 1. The van der Waals surface area contributed by atoms with Gasteiger partial charge in [0.05, 0.1) is 10.8 Å². The lowest BCUT2D eigenvalue weighted by Crippen LogP contribution is -2.48. The predicted molar refractivity (Wildman–Crippen MR) is 289 cm³/mol. The van der Waals surface area contributed by atoms with E-state index in [1.807, 2.05) is 28.8 Å². The topological polar surface area (TPSA) is 153 Å². The third-order valence-corrected chi connectivity index (χ3v) is 15.0. The molecule has 10 rings (SSSR count). The molecule has 4 aromatic heterocycles. The number of hydrogen-bond donors (Lipinski definition) is 2. The first kappa shape index (κ1) is 53.2. The van der Waals surface area contributed by atoms with Gasteiger partial charge >= 0.3 is 0 Å². The van der Waals surface area contributed by atoms with E-state index in [1.165, 1.54) is 33.6 Å². The number of nitrogens with two attached hydrogens (primary N) is 1. The maximum atomic E-state index is 15.4. The number of carbonyl (C=O) groups excluding carboxylic acids is 2. The van der Waals surface area contributed by atoms with Crippen molar-refractivity contribution in [3.8, 4) is 0 Å². The van der Waals surface area contributed by atoms with Crippen LogP contribution in [-0.2, 0) is 0 Å². The van der Waals surface area contributed by atoms with Crippen molar-refractivity contribution in [3.05, 3.63) is 89.2 Å². The minimum Gasteiger partial charge on any atom is -0.399 e. The van der Waals surface area contributed by atoms with Gasteiger partial charge in [0.2, 0.25) is 11.2 Å². The number of halogens is 3. The molecule has 2 aliphatic carbocycles. The number of nitrogens with one attached hydrogen (secondary N) is 1. The lowest BCUT2D eigenvalue weighted by molar-refractivity contribution is 0.0803. The summed E-state index contributed by atoms with van der Waals surface area (Å²) in [6, 6.07) is 17.8. The molecule has 2 amide bonds. The van der Waals surface area contributed by atoms with Gasteiger partial charge in [0.15, 0.2) is 11.6 Å². The minimum absolute atomic E-state index is 0.0541. The number of anilines is 5. The van der Waals surface area contributed by atoms with Crippen LogP contribution in [0.2, 0.25) is 5.28 Å². The molecule has 0 atom stereocenters. The molecule has 392 valence electrons. The van der Waals surface area contributed by atoms with Gasteiger partial charge in [-0.3, -0.25) is 19.4 Å². The van der Waals surface area contributed by atoms with E-state index in [0.29, 0.717) is 29.3 Å². The number of benzene rings is 2. The van der Waals surface area contributed by atoms with Crippen molar-refractivity contribution in [2.45, 2.75) is 103 Å². The largest absolute Gasteiger partial charge is 0.399 e. The van der Waals surface area contributed by atoms with Crippen molar-refractivity contribution < 1.29 is 18.4 Å². The Morgan fingerprint density at radius 2 is 1.01 bits per heavy atom. The summed E-state index contributed by atoms with van der Waals surface area (Å²) in [4.78, 5) is 55.0. The van der Waals surface area contributed by atoms with Crippen LogP contribution in [0, 0.1) is 11.6 Å². The zero-order chi connectivity index (χ0) is 52.1. The Hall–Kier alpha value is -6.11. The number of aromatic nitrogens is 6. The summed E-state index contributed by atoms with van der Waals surface area (Å²) in [5, 5.41) is 3.86. The second kappa shape index (κ2) is 23.4. The van der Waals surface area contributed by atoms with Crippen LogP contribution in [0.5, 0.6) is 0 Å². The molecule has 19 heteroatoms. The molecule has 2 saturated carbocycles. The molecule has 0 unspecified atom stereocenters. The zero-order valence-electron chi connectivity index (χ0n) is 43.8. The number of fused-ring (bicyclic) bond motifs is 2. The highest BCUT2D eigenvalue weighted by Crippen LogP contribution is 2.38. The third-order valence-electron chi connectivity index (χ3n) is 14.8. The van der Waals surface area contributed by atoms with E-state index in [4.69, 9.17) is 17.3 Å². The number of hydrogen-bond acceptors (Lipinski definition) is 12. The van der Waals surface area contributed by atoms with Gasteiger partial charge in [-0.15, -0.1) is 0 Å². The molecule has 2 aliphatic heterocycles. The van der Waals surface area contributed by atoms with Gasteiger partial charge in [0.1, 0.15) is 22.7 Å². The first-order valence-corrected chi connectivity index (χ1v) is 26.3. The normalized spacial score (nSPS) is 17.1. The van der Waals surface area contributed by atoms with Crippen molar-refractivity contribution in [1.82, 2.24) is 48.7 Å². The van der Waals surface area contributed by atoms with E-state index >= 15 is 4.39 Å². The Kier molecular flexibility index (Phi) is 17.0. The average molecular weight is 1020 g/mol. The van der Waals surface area contributed by atoms with Gasteiger partial charge in [-0.05, 0) is 114 Å². The fourth-order valence-corrected chi connectivity index (χ4v) is 10.7. The summed E-state index contributed by atoms with van der Waals surface area (Å²) in [5.74, 6) is -1.43. The Bertz CT molecular complexity index is 2820. The Morgan fingerprint density at radius 3 is 1.42 bits per heavy atom. The van der Waals surface area contributed by atoms with Gasteiger partial charge in [-0.1, -0.05) is 25.7 Å². The number of amides is 2. The summed E-state index contributed by atoms with van der Waals surface area (Å²) in [6.45, 7) is 17.7. The van der Waals surface area contributed by atoms with E-state index in [-0.39, 0.29) is 51.3 Å². The summed E-state index contributed by atoms with van der Waals surface area (Å²) < 4.78 is 33.6. The lowest BCUT2D eigenvalue weighted by atomic mass is 10.2. The summed E-state index contributed by atoms with van der Waals surface area (Å²) >= 11 is 5.85. The third kappa shape index (κ3) is 12.0. The van der Waals surface area contributed by atoms with Crippen LogP contribution >= 0.6 is 11.6 Å². The van der Waals surface area contributed by atoms with Gasteiger partial charge in [-0.25, -0.2) is 18.7 Å². The summed E-state index contributed by atoms with van der Waals surface area (Å²) in [5.41, 5.74) is 10.9. The number of piperazine rings is 2. The molecule has 2 aromatic carbocycles. The molecule has 3 N–H and O–H groups in total. The number of rotatable bonds is 10. The molecule has 16 nitrogen and oxygen atoms in total. The summed E-state index contributed by atoms with van der Waals surface area (Å²) in [7, 11) is 6.50. The lowest BCUT2D eigenvalue weighted by Gasteiger charge is -2.38. The Labute approximate surface area is 433 Å². The van der Waals surface area contributed by atoms with Gasteiger partial charge in [0.25, 0.3) is 11.8 Å². The molecule has 73 heavy (non-hydrogen) atoms. The van der Waals surface area contributed by atoms with E-state index in [0.717, 1.165) is 115 Å². The molecule has 6 aromatic rings.